The molecule has 0 fully saturated rings. The Hall–Kier alpha value is -1.35. The topological polar surface area (TPSA) is 57.5 Å². The monoisotopic (exact) mass is 278 g/mol. The smallest absolute Gasteiger partial charge is 0.305 e. The molecule has 0 aliphatic heterocycles. The van der Waals surface area contributed by atoms with Crippen molar-refractivity contribution in [2.45, 2.75) is 64.4 Å². The maximum Gasteiger partial charge on any atom is 0.305 e. The molecule has 1 aromatic carbocycles. The Morgan fingerprint density at radius 3 is 2.10 bits per heavy atom. The van der Waals surface area contributed by atoms with Crippen LogP contribution in [0.1, 0.15) is 63.0 Å². The minimum absolute atomic E-state index is 0.198. The van der Waals surface area contributed by atoms with Gasteiger partial charge in [-0.15, -0.1) is 0 Å². The van der Waals surface area contributed by atoms with Crippen LogP contribution in [-0.2, 0) is 11.2 Å². The second kappa shape index (κ2) is 8.75. The molecule has 0 aliphatic carbocycles. The number of aliphatic carboxylic acids is 1. The number of carboxylic acids is 1. The summed E-state index contributed by atoms with van der Waals surface area (Å²) in [5.41, 5.74) is 2.35. The van der Waals surface area contributed by atoms with Crippen LogP contribution in [0.3, 0.4) is 0 Å². The molecule has 2 N–H and O–H groups in total. The fourth-order valence-electron chi connectivity index (χ4n) is 2.65. The zero-order chi connectivity index (χ0) is 15.0. The second-order valence-corrected chi connectivity index (χ2v) is 5.47. The van der Waals surface area contributed by atoms with Crippen molar-refractivity contribution in [1.29, 1.82) is 0 Å². The lowest BCUT2D eigenvalue weighted by atomic mass is 9.89. The molecule has 3 heteroatoms. The summed E-state index contributed by atoms with van der Waals surface area (Å²) in [6.45, 7) is 4.42. The highest BCUT2D eigenvalue weighted by Crippen LogP contribution is 2.26. The van der Waals surface area contributed by atoms with Gasteiger partial charge in [-0.25, -0.2) is 0 Å². The third kappa shape index (κ3) is 5.74. The Morgan fingerprint density at radius 1 is 1.10 bits per heavy atom. The normalized spacial score (nSPS) is 12.6. The zero-order valence-corrected chi connectivity index (χ0v) is 12.5. The largest absolute Gasteiger partial charge is 0.481 e. The lowest BCUT2D eigenvalue weighted by Gasteiger charge is -2.16. The molecule has 0 heterocycles. The van der Waals surface area contributed by atoms with E-state index in [0.29, 0.717) is 12.3 Å². The van der Waals surface area contributed by atoms with E-state index in [1.807, 2.05) is 12.1 Å². The van der Waals surface area contributed by atoms with E-state index < -0.39 is 12.1 Å². The minimum atomic E-state index is -0.958. The highest BCUT2D eigenvalue weighted by molar-refractivity contribution is 5.67. The quantitative estimate of drug-likeness (QED) is 0.723. The first kappa shape index (κ1) is 16.7. The molecule has 0 amide bonds. The molecular formula is C17H26O3. The van der Waals surface area contributed by atoms with Crippen molar-refractivity contribution in [1.82, 2.24) is 0 Å². The summed E-state index contributed by atoms with van der Waals surface area (Å²) in [6, 6.07) is 8.27. The van der Waals surface area contributed by atoms with Gasteiger partial charge in [0.2, 0.25) is 0 Å². The molecule has 1 rings (SSSR count). The summed E-state index contributed by atoms with van der Waals surface area (Å²) in [7, 11) is 0. The lowest BCUT2D eigenvalue weighted by molar-refractivity contribution is -0.139. The van der Waals surface area contributed by atoms with Gasteiger partial charge in [0.15, 0.2) is 0 Å². The number of hydrogen-bond donors (Lipinski definition) is 2. The van der Waals surface area contributed by atoms with Gasteiger partial charge < -0.3 is 10.2 Å². The van der Waals surface area contributed by atoms with Crippen molar-refractivity contribution in [3.8, 4) is 0 Å². The van der Waals surface area contributed by atoms with E-state index in [9.17, 15) is 9.90 Å². The predicted octanol–water partition coefficient (Wildman–Crippen LogP) is 3.75. The predicted molar refractivity (Wildman–Crippen MR) is 81.0 cm³/mol. The van der Waals surface area contributed by atoms with Crippen molar-refractivity contribution in [3.63, 3.8) is 0 Å². The van der Waals surface area contributed by atoms with Crippen LogP contribution in [0, 0.1) is 0 Å². The summed E-state index contributed by atoms with van der Waals surface area (Å²) < 4.78 is 0. The molecule has 0 bridgehead atoms. The lowest BCUT2D eigenvalue weighted by Crippen LogP contribution is -2.15. The van der Waals surface area contributed by atoms with E-state index >= 15 is 0 Å². The first-order chi connectivity index (χ1) is 9.56. The number of aliphatic hydroxyl groups excluding tert-OH is 1. The fourth-order valence-corrected chi connectivity index (χ4v) is 2.65. The van der Waals surface area contributed by atoms with Crippen LogP contribution in [0.5, 0.6) is 0 Å². The molecule has 3 nitrogen and oxygen atoms in total. The Morgan fingerprint density at radius 2 is 1.65 bits per heavy atom. The molecule has 0 aromatic heterocycles. The van der Waals surface area contributed by atoms with Gasteiger partial charge in [0.05, 0.1) is 12.5 Å². The Labute approximate surface area is 121 Å². The van der Waals surface area contributed by atoms with Crippen LogP contribution in [0.25, 0.3) is 0 Å². The third-order valence-corrected chi connectivity index (χ3v) is 3.61. The molecular weight excluding hydrogens is 252 g/mol. The fraction of sp³-hybridized carbons (Fsp3) is 0.588. The van der Waals surface area contributed by atoms with E-state index in [-0.39, 0.29) is 6.42 Å². The van der Waals surface area contributed by atoms with Gasteiger partial charge in [-0.1, -0.05) is 51.0 Å². The van der Waals surface area contributed by atoms with E-state index in [1.54, 1.807) is 0 Å². The molecule has 0 unspecified atom stereocenters. The van der Waals surface area contributed by atoms with Gasteiger partial charge >= 0.3 is 5.97 Å². The van der Waals surface area contributed by atoms with Crippen molar-refractivity contribution in [2.75, 3.05) is 0 Å². The molecule has 0 saturated carbocycles. The molecule has 1 aromatic rings. The molecule has 0 saturated heterocycles. The molecule has 0 spiro atoms. The number of hydrogen-bond acceptors (Lipinski definition) is 2. The number of aliphatic hydroxyl groups is 1. The van der Waals surface area contributed by atoms with Gasteiger partial charge in [-0.2, -0.15) is 0 Å². The zero-order valence-electron chi connectivity index (χ0n) is 12.5. The average molecular weight is 278 g/mol. The van der Waals surface area contributed by atoms with Crippen LogP contribution >= 0.6 is 0 Å². The Balaban J connectivity index is 2.64. The Kier molecular flexibility index (Phi) is 7.31. The van der Waals surface area contributed by atoms with Crippen molar-refractivity contribution < 1.29 is 15.0 Å². The highest BCUT2D eigenvalue weighted by Gasteiger charge is 2.12. The standard InChI is InChI=1S/C17H26O3/c1-3-5-14(6-4-2)15-9-7-13(8-10-15)11-16(18)12-17(19)20/h7-10,14,16,18H,3-6,11-12H2,1-2H3,(H,19,20)/t16-/m1/s1. The van der Waals surface area contributed by atoms with Crippen LogP contribution in [-0.4, -0.2) is 22.3 Å². The van der Waals surface area contributed by atoms with Gasteiger partial charge in [0.1, 0.15) is 0 Å². The van der Waals surface area contributed by atoms with Crippen LogP contribution in [0.4, 0.5) is 0 Å². The molecule has 0 radical (unpaired) electrons. The third-order valence-electron chi connectivity index (χ3n) is 3.61. The molecule has 0 aliphatic rings. The highest BCUT2D eigenvalue weighted by atomic mass is 16.4. The number of carbonyl (C=O) groups is 1. The van der Waals surface area contributed by atoms with Gasteiger partial charge in [-0.3, -0.25) is 4.79 Å². The summed E-state index contributed by atoms with van der Waals surface area (Å²) >= 11 is 0. The summed E-state index contributed by atoms with van der Waals surface area (Å²) in [4.78, 5) is 10.5. The van der Waals surface area contributed by atoms with E-state index in [2.05, 4.69) is 26.0 Å². The average Bonchev–Trinajstić information content (AvgIpc) is 2.38. The van der Waals surface area contributed by atoms with E-state index in [4.69, 9.17) is 5.11 Å². The first-order valence-corrected chi connectivity index (χ1v) is 7.55. The Bertz CT molecular complexity index is 391. The SMILES string of the molecule is CCCC(CCC)c1ccc(C[C@@H](O)CC(=O)O)cc1. The number of benzene rings is 1. The molecule has 112 valence electrons. The van der Waals surface area contributed by atoms with E-state index in [1.165, 1.54) is 31.2 Å². The van der Waals surface area contributed by atoms with E-state index in [0.717, 1.165) is 5.56 Å². The maximum atomic E-state index is 10.5. The number of carboxylic acid groups (broad SMARTS) is 1. The van der Waals surface area contributed by atoms with Gasteiger partial charge in [-0.05, 0) is 36.3 Å². The first-order valence-electron chi connectivity index (χ1n) is 7.55. The summed E-state index contributed by atoms with van der Waals surface area (Å²) in [5.74, 6) is -0.344. The molecule has 20 heavy (non-hydrogen) atoms. The summed E-state index contributed by atoms with van der Waals surface area (Å²) in [5, 5.41) is 18.3. The van der Waals surface area contributed by atoms with Crippen molar-refractivity contribution in [2.24, 2.45) is 0 Å². The second-order valence-electron chi connectivity index (χ2n) is 5.47. The van der Waals surface area contributed by atoms with Crippen molar-refractivity contribution in [3.05, 3.63) is 35.4 Å². The number of rotatable bonds is 9. The van der Waals surface area contributed by atoms with Gasteiger partial charge in [0.25, 0.3) is 0 Å². The maximum absolute atomic E-state index is 10.5. The van der Waals surface area contributed by atoms with Crippen LogP contribution in [0.2, 0.25) is 0 Å². The van der Waals surface area contributed by atoms with Crippen molar-refractivity contribution >= 4 is 5.97 Å². The minimum Gasteiger partial charge on any atom is -0.481 e. The molecule has 1 atom stereocenters. The van der Waals surface area contributed by atoms with Crippen LogP contribution < -0.4 is 0 Å². The van der Waals surface area contributed by atoms with Crippen LogP contribution in [0.15, 0.2) is 24.3 Å². The van der Waals surface area contributed by atoms with Gasteiger partial charge in [0, 0.05) is 0 Å². The summed E-state index contributed by atoms with van der Waals surface area (Å²) in [6.07, 6.45) is 4.17.